The zero-order valence-electron chi connectivity index (χ0n) is 9.27. The van der Waals surface area contributed by atoms with E-state index in [1.807, 2.05) is 0 Å². The van der Waals surface area contributed by atoms with Gasteiger partial charge in [-0.1, -0.05) is 23.7 Å². The van der Waals surface area contributed by atoms with Crippen LogP contribution in [-0.2, 0) is 14.3 Å². The summed E-state index contributed by atoms with van der Waals surface area (Å²) in [5.41, 5.74) is 0.830. The monoisotopic (exact) mass is 253 g/mol. The first-order valence-corrected chi connectivity index (χ1v) is 5.39. The number of nitrogens with one attached hydrogen (secondary N) is 1. The molecule has 5 heteroatoms. The normalized spacial score (nSPS) is 10.8. The molecule has 17 heavy (non-hydrogen) atoms. The van der Waals surface area contributed by atoms with Gasteiger partial charge in [0.25, 0.3) is 0 Å². The predicted octanol–water partition coefficient (Wildman–Crippen LogP) is 1.99. The van der Waals surface area contributed by atoms with E-state index in [0.717, 1.165) is 5.56 Å². The third-order valence-corrected chi connectivity index (χ3v) is 2.14. The fourth-order valence-corrected chi connectivity index (χ4v) is 1.28. The van der Waals surface area contributed by atoms with Gasteiger partial charge in [0.05, 0.1) is 6.61 Å². The van der Waals surface area contributed by atoms with Crippen molar-refractivity contribution in [1.29, 1.82) is 0 Å². The minimum absolute atomic E-state index is 0.0872. The van der Waals surface area contributed by atoms with Crippen molar-refractivity contribution in [2.45, 2.75) is 6.92 Å². The molecule has 0 fully saturated rings. The van der Waals surface area contributed by atoms with Gasteiger partial charge < -0.3 is 10.1 Å². The summed E-state index contributed by atoms with van der Waals surface area (Å²) in [5.74, 6) is -0.574. The molecule has 0 saturated heterocycles. The quantitative estimate of drug-likeness (QED) is 0.496. The highest BCUT2D eigenvalue weighted by Crippen LogP contribution is 2.12. The Morgan fingerprint density at radius 1 is 1.41 bits per heavy atom. The summed E-state index contributed by atoms with van der Waals surface area (Å²) >= 11 is 5.74. The number of rotatable bonds is 5. The highest BCUT2D eigenvalue weighted by Gasteiger charge is 2.09. The maximum atomic E-state index is 11.5. The van der Waals surface area contributed by atoms with Gasteiger partial charge in [-0.25, -0.2) is 4.79 Å². The minimum Gasteiger partial charge on any atom is -0.461 e. The first kappa shape index (κ1) is 13.3. The number of benzene rings is 1. The summed E-state index contributed by atoms with van der Waals surface area (Å²) in [6, 6.07) is 6.84. The molecule has 0 unspecified atom stereocenters. The molecule has 1 rings (SSSR count). The molecule has 0 aliphatic heterocycles. The van der Waals surface area contributed by atoms with Gasteiger partial charge >= 0.3 is 5.97 Å². The largest absolute Gasteiger partial charge is 0.461 e. The lowest BCUT2D eigenvalue weighted by atomic mass is 10.2. The van der Waals surface area contributed by atoms with Crippen molar-refractivity contribution in [3.63, 3.8) is 0 Å². The Morgan fingerprint density at radius 3 is 2.59 bits per heavy atom. The molecule has 0 saturated carbocycles. The van der Waals surface area contributed by atoms with E-state index in [4.69, 9.17) is 16.3 Å². The third kappa shape index (κ3) is 4.28. The Balaban J connectivity index is 2.92. The average Bonchev–Trinajstić information content (AvgIpc) is 2.31. The summed E-state index contributed by atoms with van der Waals surface area (Å²) < 4.78 is 4.80. The second-order valence-electron chi connectivity index (χ2n) is 3.09. The van der Waals surface area contributed by atoms with Crippen LogP contribution in [0.5, 0.6) is 0 Å². The molecule has 4 nitrogen and oxygen atoms in total. The summed E-state index contributed by atoms with van der Waals surface area (Å²) in [6.07, 6.45) is 1.95. The SMILES string of the molecule is CCOC(=O)/C(=C/c1ccc(Cl)cc1)NC=O. The van der Waals surface area contributed by atoms with Crippen molar-refractivity contribution in [3.8, 4) is 0 Å². The van der Waals surface area contributed by atoms with E-state index >= 15 is 0 Å². The summed E-state index contributed by atoms with van der Waals surface area (Å²) in [7, 11) is 0. The van der Waals surface area contributed by atoms with Gasteiger partial charge in [0.2, 0.25) is 6.41 Å². The van der Waals surface area contributed by atoms with Crippen molar-refractivity contribution >= 4 is 30.1 Å². The summed E-state index contributed by atoms with van der Waals surface area (Å²) in [5, 5.41) is 2.90. The number of amides is 1. The lowest BCUT2D eigenvalue weighted by molar-refractivity contribution is -0.139. The molecule has 0 atom stereocenters. The molecule has 0 spiro atoms. The molecule has 0 aromatic heterocycles. The van der Waals surface area contributed by atoms with Crippen LogP contribution in [0.3, 0.4) is 0 Å². The van der Waals surface area contributed by atoms with E-state index in [1.165, 1.54) is 6.08 Å². The molecule has 1 amide bonds. The molecule has 0 aliphatic carbocycles. The lowest BCUT2D eigenvalue weighted by Gasteiger charge is -2.05. The average molecular weight is 254 g/mol. The maximum Gasteiger partial charge on any atom is 0.354 e. The molecule has 1 N–H and O–H groups in total. The first-order valence-electron chi connectivity index (χ1n) is 5.02. The van der Waals surface area contributed by atoms with Crippen LogP contribution in [0.2, 0.25) is 5.02 Å². The van der Waals surface area contributed by atoms with Crippen LogP contribution >= 0.6 is 11.6 Å². The highest BCUT2D eigenvalue weighted by molar-refractivity contribution is 6.30. The van der Waals surface area contributed by atoms with Crippen molar-refractivity contribution < 1.29 is 14.3 Å². The number of carbonyl (C=O) groups excluding carboxylic acids is 2. The van der Waals surface area contributed by atoms with Crippen LogP contribution in [0.15, 0.2) is 30.0 Å². The number of esters is 1. The second-order valence-corrected chi connectivity index (χ2v) is 3.53. The number of hydrogen-bond acceptors (Lipinski definition) is 3. The second kappa shape index (κ2) is 6.70. The van der Waals surface area contributed by atoms with E-state index in [1.54, 1.807) is 31.2 Å². The van der Waals surface area contributed by atoms with E-state index in [0.29, 0.717) is 11.4 Å². The van der Waals surface area contributed by atoms with Crippen molar-refractivity contribution in [2.24, 2.45) is 0 Å². The van der Waals surface area contributed by atoms with Crippen LogP contribution in [0.1, 0.15) is 12.5 Å². The van der Waals surface area contributed by atoms with Crippen LogP contribution in [-0.4, -0.2) is 19.0 Å². The van der Waals surface area contributed by atoms with Crippen molar-refractivity contribution in [1.82, 2.24) is 5.32 Å². The van der Waals surface area contributed by atoms with Gasteiger partial charge in [-0.2, -0.15) is 0 Å². The van der Waals surface area contributed by atoms with Crippen LogP contribution in [0.4, 0.5) is 0 Å². The van der Waals surface area contributed by atoms with Gasteiger partial charge in [0, 0.05) is 5.02 Å². The topological polar surface area (TPSA) is 55.4 Å². The Bertz CT molecular complexity index is 426. The molecule has 0 bridgehead atoms. The number of ether oxygens (including phenoxy) is 1. The summed E-state index contributed by atoms with van der Waals surface area (Å²) in [4.78, 5) is 21.9. The molecule has 90 valence electrons. The molecule has 0 radical (unpaired) electrons. The van der Waals surface area contributed by atoms with Gasteiger partial charge in [-0.15, -0.1) is 0 Å². The predicted molar refractivity (Wildman–Crippen MR) is 65.3 cm³/mol. The first-order chi connectivity index (χ1) is 8.17. The van der Waals surface area contributed by atoms with Crippen molar-refractivity contribution in [3.05, 3.63) is 40.5 Å². The van der Waals surface area contributed by atoms with Gasteiger partial charge in [-0.05, 0) is 30.7 Å². The van der Waals surface area contributed by atoms with E-state index in [2.05, 4.69) is 5.32 Å². The van der Waals surface area contributed by atoms with E-state index < -0.39 is 5.97 Å². The fourth-order valence-electron chi connectivity index (χ4n) is 1.16. The Morgan fingerprint density at radius 2 is 2.06 bits per heavy atom. The zero-order chi connectivity index (χ0) is 12.7. The minimum atomic E-state index is -0.574. The van der Waals surface area contributed by atoms with Crippen LogP contribution in [0, 0.1) is 0 Å². The molecule has 0 heterocycles. The zero-order valence-corrected chi connectivity index (χ0v) is 10.0. The highest BCUT2D eigenvalue weighted by atomic mass is 35.5. The summed E-state index contributed by atoms with van der Waals surface area (Å²) in [6.45, 7) is 1.94. The van der Waals surface area contributed by atoms with Crippen LogP contribution < -0.4 is 5.32 Å². The number of carbonyl (C=O) groups is 2. The van der Waals surface area contributed by atoms with Crippen molar-refractivity contribution in [2.75, 3.05) is 6.61 Å². The standard InChI is InChI=1S/C12H12ClNO3/c1-2-17-12(16)11(14-8-15)7-9-3-5-10(13)6-4-9/h3-8H,2H2,1H3,(H,14,15)/b11-7-. The smallest absolute Gasteiger partial charge is 0.354 e. The third-order valence-electron chi connectivity index (χ3n) is 1.89. The molecule has 1 aromatic carbocycles. The van der Waals surface area contributed by atoms with E-state index in [9.17, 15) is 9.59 Å². The van der Waals surface area contributed by atoms with Gasteiger partial charge in [0.15, 0.2) is 0 Å². The fraction of sp³-hybridized carbons (Fsp3) is 0.167. The molecule has 1 aromatic rings. The Hall–Kier alpha value is -1.81. The number of halogens is 1. The molecular formula is C12H12ClNO3. The van der Waals surface area contributed by atoms with E-state index in [-0.39, 0.29) is 12.3 Å². The maximum absolute atomic E-state index is 11.5. The Labute approximate surface area is 104 Å². The van der Waals surface area contributed by atoms with Gasteiger partial charge in [-0.3, -0.25) is 4.79 Å². The molecule has 0 aliphatic rings. The van der Waals surface area contributed by atoms with Crippen LogP contribution in [0.25, 0.3) is 6.08 Å². The Kier molecular flexibility index (Phi) is 5.23. The number of hydrogen-bond donors (Lipinski definition) is 1. The molecular weight excluding hydrogens is 242 g/mol. The van der Waals surface area contributed by atoms with Gasteiger partial charge in [0.1, 0.15) is 5.70 Å². The lowest BCUT2D eigenvalue weighted by Crippen LogP contribution is -2.20.